The van der Waals surface area contributed by atoms with Gasteiger partial charge in [-0.05, 0) is 12.5 Å². The molecule has 13 heavy (non-hydrogen) atoms. The number of hydrogen-bond donors (Lipinski definition) is 0. The third kappa shape index (κ3) is 3.74. The van der Waals surface area contributed by atoms with Crippen LogP contribution in [-0.4, -0.2) is 9.78 Å². The van der Waals surface area contributed by atoms with E-state index < -0.39 is 0 Å². The van der Waals surface area contributed by atoms with Crippen LogP contribution in [0.15, 0.2) is 31.1 Å². The van der Waals surface area contributed by atoms with Crippen LogP contribution in [0, 0.1) is 0 Å². The quantitative estimate of drug-likeness (QED) is 0.636. The van der Waals surface area contributed by atoms with Gasteiger partial charge in [0.1, 0.15) is 0 Å². The molecule has 0 N–H and O–H groups in total. The second kappa shape index (κ2) is 6.23. The molecule has 0 aliphatic rings. The molecule has 0 atom stereocenters. The molecule has 0 radical (unpaired) electrons. The number of allylic oxidation sites excluding steroid dienone is 3. The average Bonchev–Trinajstić information content (AvgIpc) is 2.56. The molecule has 0 saturated carbocycles. The Hall–Kier alpha value is -1.31. The molecule has 0 bridgehead atoms. The molecule has 1 rings (SSSR count). The maximum Gasteiger partial charge on any atom is 0.0564 e. The molecule has 72 valence electrons. The maximum absolute atomic E-state index is 4.06. The minimum atomic E-state index is 1.15. The van der Waals surface area contributed by atoms with E-state index in [0.717, 1.165) is 5.56 Å². The summed E-state index contributed by atoms with van der Waals surface area (Å²) >= 11 is 0. The van der Waals surface area contributed by atoms with E-state index >= 15 is 0 Å². The van der Waals surface area contributed by atoms with E-state index in [1.165, 1.54) is 5.57 Å². The molecule has 0 aliphatic heterocycles. The van der Waals surface area contributed by atoms with Crippen LogP contribution in [0.3, 0.4) is 0 Å². The fourth-order valence-corrected chi connectivity index (χ4v) is 0.898. The maximum atomic E-state index is 4.06. The smallest absolute Gasteiger partial charge is 0.0564 e. The van der Waals surface area contributed by atoms with Crippen LogP contribution in [0.1, 0.15) is 26.3 Å². The summed E-state index contributed by atoms with van der Waals surface area (Å²) in [5.41, 5.74) is 2.33. The third-order valence-corrected chi connectivity index (χ3v) is 1.53. The third-order valence-electron chi connectivity index (χ3n) is 1.53. The van der Waals surface area contributed by atoms with Crippen molar-refractivity contribution in [2.24, 2.45) is 7.05 Å². The van der Waals surface area contributed by atoms with Gasteiger partial charge >= 0.3 is 0 Å². The van der Waals surface area contributed by atoms with E-state index in [1.807, 2.05) is 46.3 Å². The first-order valence-corrected chi connectivity index (χ1v) is 4.52. The Balaban J connectivity index is 0.000000671. The first-order valence-electron chi connectivity index (χ1n) is 4.52. The molecule has 0 fully saturated rings. The highest BCUT2D eigenvalue weighted by Crippen LogP contribution is 2.11. The standard InChI is InChI=1S/C9H12N2.C2H6/c1-4-5-8(2)9-6-10-11(3)7-9;1-2/h4-7H,1H2,2-3H3;1-2H3/b8-5+;. The summed E-state index contributed by atoms with van der Waals surface area (Å²) in [6, 6.07) is 0. The highest BCUT2D eigenvalue weighted by Gasteiger charge is 1.95. The number of nitrogens with zero attached hydrogens (tertiary/aromatic N) is 2. The van der Waals surface area contributed by atoms with Gasteiger partial charge in [-0.1, -0.05) is 32.6 Å². The van der Waals surface area contributed by atoms with Crippen molar-refractivity contribution in [3.05, 3.63) is 36.7 Å². The molecule has 0 amide bonds. The van der Waals surface area contributed by atoms with Gasteiger partial charge in [0, 0.05) is 18.8 Å². The fourth-order valence-electron chi connectivity index (χ4n) is 0.898. The van der Waals surface area contributed by atoms with Crippen molar-refractivity contribution >= 4 is 5.57 Å². The zero-order valence-corrected chi connectivity index (χ0v) is 8.91. The minimum Gasteiger partial charge on any atom is -0.275 e. The summed E-state index contributed by atoms with van der Waals surface area (Å²) in [7, 11) is 1.91. The van der Waals surface area contributed by atoms with Crippen molar-refractivity contribution < 1.29 is 0 Å². The van der Waals surface area contributed by atoms with Gasteiger partial charge in [0.05, 0.1) is 6.20 Å². The molecule has 1 aromatic heterocycles. The van der Waals surface area contributed by atoms with E-state index in [9.17, 15) is 0 Å². The number of aromatic nitrogens is 2. The fraction of sp³-hybridized carbons (Fsp3) is 0.364. The van der Waals surface area contributed by atoms with Crippen LogP contribution in [0.25, 0.3) is 5.57 Å². The largest absolute Gasteiger partial charge is 0.275 e. The van der Waals surface area contributed by atoms with E-state index in [1.54, 1.807) is 10.8 Å². The summed E-state index contributed by atoms with van der Waals surface area (Å²) < 4.78 is 1.79. The first kappa shape index (κ1) is 11.7. The lowest BCUT2D eigenvalue weighted by Gasteiger charge is -1.91. The Morgan fingerprint density at radius 2 is 2.15 bits per heavy atom. The molecule has 0 saturated heterocycles. The Morgan fingerprint density at radius 1 is 1.54 bits per heavy atom. The predicted molar refractivity (Wildman–Crippen MR) is 58.4 cm³/mol. The van der Waals surface area contributed by atoms with Crippen LogP contribution < -0.4 is 0 Å². The number of rotatable bonds is 2. The molecule has 2 nitrogen and oxygen atoms in total. The molecule has 0 aliphatic carbocycles. The zero-order valence-electron chi connectivity index (χ0n) is 8.91. The Labute approximate surface area is 80.6 Å². The monoisotopic (exact) mass is 178 g/mol. The topological polar surface area (TPSA) is 17.8 Å². The zero-order chi connectivity index (χ0) is 10.3. The summed E-state index contributed by atoms with van der Waals surface area (Å²) in [6.45, 7) is 9.67. The van der Waals surface area contributed by atoms with Crippen LogP contribution in [0.4, 0.5) is 0 Å². The molecular formula is C11H18N2. The first-order chi connectivity index (χ1) is 6.24. The second-order valence-corrected chi connectivity index (χ2v) is 2.49. The van der Waals surface area contributed by atoms with Crippen LogP contribution in [-0.2, 0) is 7.05 Å². The molecule has 2 heteroatoms. The van der Waals surface area contributed by atoms with Crippen LogP contribution in [0.5, 0.6) is 0 Å². The van der Waals surface area contributed by atoms with Gasteiger partial charge in [-0.15, -0.1) is 0 Å². The molecule has 0 aromatic carbocycles. The van der Waals surface area contributed by atoms with Gasteiger partial charge in [0.2, 0.25) is 0 Å². The van der Waals surface area contributed by atoms with Gasteiger partial charge in [-0.2, -0.15) is 5.10 Å². The van der Waals surface area contributed by atoms with Crippen molar-refractivity contribution in [3.8, 4) is 0 Å². The van der Waals surface area contributed by atoms with Crippen molar-refractivity contribution in [1.82, 2.24) is 9.78 Å². The van der Waals surface area contributed by atoms with E-state index in [0.29, 0.717) is 0 Å². The highest BCUT2D eigenvalue weighted by molar-refractivity contribution is 5.63. The van der Waals surface area contributed by atoms with Crippen LogP contribution >= 0.6 is 0 Å². The molecule has 1 heterocycles. The van der Waals surface area contributed by atoms with Gasteiger partial charge in [-0.25, -0.2) is 0 Å². The second-order valence-electron chi connectivity index (χ2n) is 2.49. The summed E-state index contributed by atoms with van der Waals surface area (Å²) in [4.78, 5) is 0. The van der Waals surface area contributed by atoms with E-state index in [2.05, 4.69) is 11.7 Å². The lowest BCUT2D eigenvalue weighted by atomic mass is 10.1. The highest BCUT2D eigenvalue weighted by atomic mass is 15.2. The normalized spacial score (nSPS) is 10.3. The Kier molecular flexibility index (Phi) is 5.60. The van der Waals surface area contributed by atoms with Gasteiger partial charge in [0.25, 0.3) is 0 Å². The summed E-state index contributed by atoms with van der Waals surface area (Å²) in [5, 5.41) is 4.06. The molecule has 1 aromatic rings. The minimum absolute atomic E-state index is 1.15. The van der Waals surface area contributed by atoms with Crippen LogP contribution in [0.2, 0.25) is 0 Å². The Morgan fingerprint density at radius 3 is 2.54 bits per heavy atom. The Bertz CT molecular complexity index is 282. The van der Waals surface area contributed by atoms with Crippen molar-refractivity contribution in [1.29, 1.82) is 0 Å². The predicted octanol–water partition coefficient (Wildman–Crippen LogP) is 3.04. The summed E-state index contributed by atoms with van der Waals surface area (Å²) in [5.74, 6) is 0. The average molecular weight is 178 g/mol. The van der Waals surface area contributed by atoms with Gasteiger partial charge < -0.3 is 0 Å². The van der Waals surface area contributed by atoms with Gasteiger partial charge in [0.15, 0.2) is 0 Å². The van der Waals surface area contributed by atoms with Crippen molar-refractivity contribution in [2.45, 2.75) is 20.8 Å². The number of hydrogen-bond acceptors (Lipinski definition) is 1. The lowest BCUT2D eigenvalue weighted by Crippen LogP contribution is -1.84. The summed E-state index contributed by atoms with van der Waals surface area (Å²) in [6.07, 6.45) is 7.57. The van der Waals surface area contributed by atoms with E-state index in [-0.39, 0.29) is 0 Å². The van der Waals surface area contributed by atoms with Gasteiger partial charge in [-0.3, -0.25) is 4.68 Å². The number of aryl methyl sites for hydroxylation is 1. The SMILES string of the molecule is C=C/C=C(\C)c1cnn(C)c1.CC. The lowest BCUT2D eigenvalue weighted by molar-refractivity contribution is 0.767. The molecule has 0 spiro atoms. The molecular weight excluding hydrogens is 160 g/mol. The van der Waals surface area contributed by atoms with Crippen molar-refractivity contribution in [3.63, 3.8) is 0 Å². The molecule has 0 unspecified atom stereocenters. The van der Waals surface area contributed by atoms with E-state index in [4.69, 9.17) is 0 Å². The van der Waals surface area contributed by atoms with Crippen molar-refractivity contribution in [2.75, 3.05) is 0 Å².